The Morgan fingerprint density at radius 3 is 1.27 bits per heavy atom. The van der Waals surface area contributed by atoms with Gasteiger partial charge in [-0.15, -0.1) is 0 Å². The van der Waals surface area contributed by atoms with Gasteiger partial charge in [0, 0.05) is 0 Å². The molecule has 0 atom stereocenters. The molecule has 45 heavy (non-hydrogen) atoms. The fourth-order valence-electron chi connectivity index (χ4n) is 7.29. The second kappa shape index (κ2) is 11.3. The van der Waals surface area contributed by atoms with Gasteiger partial charge in [-0.2, -0.15) is 0 Å². The zero-order valence-corrected chi connectivity index (χ0v) is 27.9. The van der Waals surface area contributed by atoms with Crippen molar-refractivity contribution in [1.82, 2.24) is 0 Å². The van der Waals surface area contributed by atoms with Gasteiger partial charge in [0.25, 0.3) is 0 Å². The quantitative estimate of drug-likeness (QED) is 0.127. The molecule has 0 heterocycles. The van der Waals surface area contributed by atoms with Crippen LogP contribution in [0.2, 0.25) is 0 Å². The Hall–Kier alpha value is -4.74. The van der Waals surface area contributed by atoms with Crippen molar-refractivity contribution in [2.24, 2.45) is 0 Å². The van der Waals surface area contributed by atoms with Crippen LogP contribution >= 0.6 is 0 Å². The number of aryl methyl sites for hydroxylation is 2. The Morgan fingerprint density at radius 2 is 0.822 bits per heavy atom. The SMILES string of the molecule is Cc1ccc(C#[C][Sb]([C]#Cc2ccc(C)cc2)[c]2ccccc2C23c4ccccc4C(c4ccccc42)c2ccccc23)cc1. The van der Waals surface area contributed by atoms with Crippen LogP contribution in [0.4, 0.5) is 0 Å². The van der Waals surface area contributed by atoms with Gasteiger partial charge in [-0.1, -0.05) is 0 Å². The fourth-order valence-corrected chi connectivity index (χ4v) is 11.6. The van der Waals surface area contributed by atoms with Crippen LogP contribution < -0.4 is 3.51 Å². The molecule has 3 aliphatic carbocycles. The molecule has 0 fully saturated rings. The zero-order valence-electron chi connectivity index (χ0n) is 25.4. The summed E-state index contributed by atoms with van der Waals surface area (Å²) in [5.74, 6) is 7.38. The number of benzene rings is 6. The first kappa shape index (κ1) is 27.8. The third-order valence-electron chi connectivity index (χ3n) is 9.30. The van der Waals surface area contributed by atoms with Gasteiger partial charge in [0.1, 0.15) is 0 Å². The number of rotatable bonds is 2. The molecule has 0 N–H and O–H groups in total. The van der Waals surface area contributed by atoms with Crippen LogP contribution in [0.3, 0.4) is 0 Å². The van der Waals surface area contributed by atoms with Crippen LogP contribution in [0.15, 0.2) is 146 Å². The van der Waals surface area contributed by atoms with Crippen LogP contribution in [0.25, 0.3) is 0 Å². The van der Waals surface area contributed by atoms with Gasteiger partial charge in [0.2, 0.25) is 0 Å². The monoisotopic (exact) mass is 680 g/mol. The molecule has 0 saturated heterocycles. The molecule has 0 nitrogen and oxygen atoms in total. The Balaban J connectivity index is 1.41. The van der Waals surface area contributed by atoms with Gasteiger partial charge >= 0.3 is 275 Å². The van der Waals surface area contributed by atoms with Crippen molar-refractivity contribution in [3.8, 4) is 19.6 Å². The average Bonchev–Trinajstić information content (AvgIpc) is 3.09. The van der Waals surface area contributed by atoms with E-state index in [0.717, 1.165) is 11.1 Å². The Morgan fingerprint density at radius 1 is 0.444 bits per heavy atom. The van der Waals surface area contributed by atoms with Crippen molar-refractivity contribution in [2.45, 2.75) is 25.2 Å². The minimum atomic E-state index is -2.77. The van der Waals surface area contributed by atoms with E-state index in [1.165, 1.54) is 53.6 Å². The molecule has 3 aliphatic rings. The van der Waals surface area contributed by atoms with E-state index >= 15 is 0 Å². The molecule has 0 saturated carbocycles. The van der Waals surface area contributed by atoms with E-state index in [9.17, 15) is 0 Å². The molecule has 0 unspecified atom stereocenters. The van der Waals surface area contributed by atoms with E-state index < -0.39 is 25.6 Å². The molecule has 6 aromatic carbocycles. The predicted octanol–water partition coefficient (Wildman–Crippen LogP) is 8.38. The molecule has 0 amide bonds. The van der Waals surface area contributed by atoms with E-state index in [0.29, 0.717) is 0 Å². The van der Waals surface area contributed by atoms with Crippen molar-refractivity contribution >= 4 is 23.7 Å². The second-order valence-corrected chi connectivity index (χ2v) is 16.6. The van der Waals surface area contributed by atoms with Crippen molar-refractivity contribution in [1.29, 1.82) is 0 Å². The van der Waals surface area contributed by atoms with Gasteiger partial charge in [-0.25, -0.2) is 0 Å². The van der Waals surface area contributed by atoms with Crippen LogP contribution in [0, 0.1) is 33.4 Å². The summed E-state index contributed by atoms with van der Waals surface area (Å²) in [7, 11) is 0. The molecule has 0 aliphatic heterocycles. The Kier molecular flexibility index (Phi) is 6.99. The van der Waals surface area contributed by atoms with Gasteiger partial charge in [0.15, 0.2) is 0 Å². The van der Waals surface area contributed by atoms with E-state index in [-0.39, 0.29) is 5.92 Å². The minimum absolute atomic E-state index is 0.238. The Labute approximate surface area is 273 Å². The maximum absolute atomic E-state index is 3.82. The molecule has 6 aromatic rings. The van der Waals surface area contributed by atoms with Gasteiger partial charge in [-0.05, 0) is 0 Å². The van der Waals surface area contributed by atoms with Crippen molar-refractivity contribution < 1.29 is 0 Å². The third kappa shape index (κ3) is 4.57. The molecule has 212 valence electrons. The summed E-state index contributed by atoms with van der Waals surface area (Å²) >= 11 is -2.77. The molecule has 2 bridgehead atoms. The van der Waals surface area contributed by atoms with Gasteiger partial charge in [0.05, 0.1) is 0 Å². The summed E-state index contributed by atoms with van der Waals surface area (Å²) in [6.45, 7) is 4.24. The first-order chi connectivity index (χ1) is 22.1. The molecule has 9 rings (SSSR count). The summed E-state index contributed by atoms with van der Waals surface area (Å²) in [4.78, 5) is 0. The van der Waals surface area contributed by atoms with Crippen LogP contribution in [0.1, 0.15) is 67.1 Å². The van der Waals surface area contributed by atoms with E-state index in [2.05, 4.69) is 179 Å². The average molecular weight is 681 g/mol. The molecule has 0 radical (unpaired) electrons. The van der Waals surface area contributed by atoms with Crippen molar-refractivity contribution in [3.05, 3.63) is 207 Å². The van der Waals surface area contributed by atoms with E-state index in [4.69, 9.17) is 0 Å². The predicted molar refractivity (Wildman–Crippen MR) is 187 cm³/mol. The standard InChI is InChI=1S/C26H17.2C9H7.Sb/c1-2-10-18(11-3-1)26-22-15-7-4-12-19(22)25(20-13-5-8-16-23(20)26)21-14-6-9-17-24(21)26;2*1-3-9-6-4-8(2)5-7-9;/h1-10,12-17,25H;2*4-7H,2H3;. The molecule has 1 heteroatoms. The fraction of sp³-hybridized carbons (Fsp3) is 0.0909. The Bertz CT molecular complexity index is 2020. The van der Waals surface area contributed by atoms with Crippen LogP contribution in [0.5, 0.6) is 0 Å². The molecule has 0 spiro atoms. The second-order valence-electron chi connectivity index (χ2n) is 12.0. The van der Waals surface area contributed by atoms with Crippen molar-refractivity contribution in [3.63, 3.8) is 0 Å². The van der Waals surface area contributed by atoms with Gasteiger partial charge in [-0.3, -0.25) is 0 Å². The summed E-state index contributed by atoms with van der Waals surface area (Å²) in [5.41, 5.74) is 13.8. The summed E-state index contributed by atoms with van der Waals surface area (Å²) in [6, 6.07) is 53.5. The van der Waals surface area contributed by atoms with E-state index in [1.54, 1.807) is 0 Å². The maximum atomic E-state index is 3.82. The third-order valence-corrected chi connectivity index (χ3v) is 13.7. The topological polar surface area (TPSA) is 0 Å². The van der Waals surface area contributed by atoms with E-state index in [1.807, 2.05) is 0 Å². The summed E-state index contributed by atoms with van der Waals surface area (Å²) in [5, 5.41) is 0. The summed E-state index contributed by atoms with van der Waals surface area (Å²) in [6.07, 6.45) is 0. The first-order valence-corrected chi connectivity index (χ1v) is 19.3. The molecular weight excluding hydrogens is 650 g/mol. The van der Waals surface area contributed by atoms with Gasteiger partial charge < -0.3 is 0 Å². The first-order valence-electron chi connectivity index (χ1n) is 15.5. The van der Waals surface area contributed by atoms with Crippen molar-refractivity contribution in [2.75, 3.05) is 0 Å². The number of hydrogen-bond donors (Lipinski definition) is 0. The van der Waals surface area contributed by atoms with Crippen LogP contribution in [-0.2, 0) is 5.41 Å². The normalized spacial score (nSPS) is 16.8. The number of hydrogen-bond acceptors (Lipinski definition) is 0. The molecule has 0 aromatic heterocycles. The molecular formula is C44H31Sb. The van der Waals surface area contributed by atoms with Crippen LogP contribution in [-0.4, -0.2) is 20.2 Å². The zero-order chi connectivity index (χ0) is 30.4. The summed E-state index contributed by atoms with van der Waals surface area (Å²) < 4.78 is 8.97.